The normalized spacial score (nSPS) is 33.9. The van der Waals surface area contributed by atoms with Crippen LogP contribution in [0.4, 0.5) is 5.82 Å². The Bertz CT molecular complexity index is 645. The van der Waals surface area contributed by atoms with E-state index in [0.29, 0.717) is 16.9 Å². The number of nitrogen functional groups attached to an aromatic ring is 1. The van der Waals surface area contributed by atoms with E-state index in [1.54, 1.807) is 16.8 Å². The van der Waals surface area contributed by atoms with E-state index in [-0.39, 0.29) is 5.88 Å². The van der Waals surface area contributed by atoms with Gasteiger partial charge in [-0.15, -0.1) is 11.6 Å². The molecule has 2 aromatic heterocycles. The largest absolute Gasteiger partial charge is 0.385 e. The lowest BCUT2D eigenvalue weighted by molar-refractivity contribution is -0.0571. The predicted molar refractivity (Wildman–Crippen MR) is 73.2 cm³/mol. The fourth-order valence-electron chi connectivity index (χ4n) is 2.47. The molecular formula is C12H15ClN4O3. The molecule has 0 bridgehead atoms. The molecule has 8 heteroatoms. The van der Waals surface area contributed by atoms with E-state index in [9.17, 15) is 10.2 Å². The SMILES string of the molecule is C[C@@]1(O)[C@@H](CCl)O[C@@H](n2ccc3c(N)ncnc32)[C@@H]1O. The molecule has 3 heterocycles. The lowest BCUT2D eigenvalue weighted by Crippen LogP contribution is -2.45. The Morgan fingerprint density at radius 2 is 2.30 bits per heavy atom. The van der Waals surface area contributed by atoms with E-state index in [4.69, 9.17) is 22.1 Å². The van der Waals surface area contributed by atoms with Gasteiger partial charge in [0.05, 0.1) is 11.3 Å². The zero-order valence-corrected chi connectivity index (χ0v) is 11.5. The number of aromatic nitrogens is 3. The Morgan fingerprint density at radius 3 is 2.95 bits per heavy atom. The number of alkyl halides is 1. The van der Waals surface area contributed by atoms with Crippen molar-refractivity contribution < 1.29 is 14.9 Å². The number of fused-ring (bicyclic) bond motifs is 1. The van der Waals surface area contributed by atoms with Crippen molar-refractivity contribution in [1.29, 1.82) is 0 Å². The highest BCUT2D eigenvalue weighted by molar-refractivity contribution is 6.18. The monoisotopic (exact) mass is 298 g/mol. The zero-order valence-electron chi connectivity index (χ0n) is 10.8. The zero-order chi connectivity index (χ0) is 14.5. The maximum absolute atomic E-state index is 10.3. The fraction of sp³-hybridized carbons (Fsp3) is 0.500. The van der Waals surface area contributed by atoms with Crippen LogP contribution in [0.3, 0.4) is 0 Å². The molecule has 0 aromatic carbocycles. The quantitative estimate of drug-likeness (QED) is 0.687. The van der Waals surface area contributed by atoms with Gasteiger partial charge in [-0.05, 0) is 13.0 Å². The molecule has 2 aromatic rings. The average Bonchev–Trinajstić information content (AvgIpc) is 2.92. The smallest absolute Gasteiger partial charge is 0.164 e. The van der Waals surface area contributed by atoms with Crippen LogP contribution in [-0.4, -0.2) is 48.4 Å². The third-order valence-corrected chi connectivity index (χ3v) is 4.06. The molecule has 7 nitrogen and oxygen atoms in total. The summed E-state index contributed by atoms with van der Waals surface area (Å²) < 4.78 is 7.28. The summed E-state index contributed by atoms with van der Waals surface area (Å²) in [4.78, 5) is 8.05. The highest BCUT2D eigenvalue weighted by Crippen LogP contribution is 2.39. The number of aliphatic hydroxyl groups excluding tert-OH is 1. The van der Waals surface area contributed by atoms with Crippen LogP contribution in [0.1, 0.15) is 13.2 Å². The summed E-state index contributed by atoms with van der Waals surface area (Å²) in [5.41, 5.74) is 4.88. The fourth-order valence-corrected chi connectivity index (χ4v) is 2.85. The molecule has 4 atom stereocenters. The van der Waals surface area contributed by atoms with Gasteiger partial charge in [-0.2, -0.15) is 0 Å². The van der Waals surface area contributed by atoms with Crippen molar-refractivity contribution in [2.24, 2.45) is 0 Å². The van der Waals surface area contributed by atoms with Crippen molar-refractivity contribution in [2.75, 3.05) is 11.6 Å². The van der Waals surface area contributed by atoms with Crippen molar-refractivity contribution in [3.05, 3.63) is 18.6 Å². The second kappa shape index (κ2) is 4.56. The number of halogens is 1. The maximum atomic E-state index is 10.3. The third kappa shape index (κ3) is 1.78. The molecular weight excluding hydrogens is 284 g/mol. The average molecular weight is 299 g/mol. The van der Waals surface area contributed by atoms with Gasteiger partial charge in [0.1, 0.15) is 35.6 Å². The van der Waals surface area contributed by atoms with Gasteiger partial charge in [-0.25, -0.2) is 9.97 Å². The summed E-state index contributed by atoms with van der Waals surface area (Å²) in [6, 6.07) is 1.74. The molecule has 0 unspecified atom stereocenters. The van der Waals surface area contributed by atoms with Crippen LogP contribution < -0.4 is 5.73 Å². The van der Waals surface area contributed by atoms with Gasteiger partial charge < -0.3 is 25.3 Å². The Morgan fingerprint density at radius 1 is 1.55 bits per heavy atom. The standard InChI is InChI=1S/C12H15ClN4O3/c1-12(19)7(4-13)20-11(8(12)18)17-3-2-6-9(14)15-5-16-10(6)17/h2-3,5,7-8,11,18-19H,4H2,1H3,(H2,14,15,16)/t7-,8+,11-,12-/m1/s1. The molecule has 0 amide bonds. The van der Waals surface area contributed by atoms with Crippen molar-refractivity contribution in [1.82, 2.24) is 14.5 Å². The van der Waals surface area contributed by atoms with E-state index in [1.807, 2.05) is 0 Å². The van der Waals surface area contributed by atoms with Crippen LogP contribution in [0, 0.1) is 0 Å². The summed E-state index contributed by atoms with van der Waals surface area (Å²) in [5.74, 6) is 0.429. The van der Waals surface area contributed by atoms with Crippen LogP contribution in [0.5, 0.6) is 0 Å². The first-order valence-corrected chi connectivity index (χ1v) is 6.69. The van der Waals surface area contributed by atoms with E-state index >= 15 is 0 Å². The van der Waals surface area contributed by atoms with Gasteiger partial charge in [0, 0.05) is 6.20 Å². The summed E-state index contributed by atoms with van der Waals surface area (Å²) in [7, 11) is 0. The highest BCUT2D eigenvalue weighted by Gasteiger charge is 2.52. The van der Waals surface area contributed by atoms with Crippen molar-refractivity contribution in [3.63, 3.8) is 0 Å². The molecule has 1 aliphatic rings. The molecule has 0 aliphatic carbocycles. The summed E-state index contributed by atoms with van der Waals surface area (Å²) in [6.45, 7) is 1.50. The lowest BCUT2D eigenvalue weighted by atomic mass is 9.95. The molecule has 4 N–H and O–H groups in total. The number of nitrogens with two attached hydrogens (primary N) is 1. The van der Waals surface area contributed by atoms with Crippen LogP contribution in [-0.2, 0) is 4.74 Å². The first kappa shape index (κ1) is 13.6. The van der Waals surface area contributed by atoms with Gasteiger partial charge in [0.2, 0.25) is 0 Å². The van der Waals surface area contributed by atoms with E-state index < -0.39 is 24.0 Å². The van der Waals surface area contributed by atoms with Gasteiger partial charge in [-0.3, -0.25) is 0 Å². The summed E-state index contributed by atoms with van der Waals surface area (Å²) >= 11 is 5.78. The minimum absolute atomic E-state index is 0.0802. The summed E-state index contributed by atoms with van der Waals surface area (Å²) in [6.07, 6.45) is 0.461. The Labute approximate surface area is 120 Å². The number of hydrogen-bond acceptors (Lipinski definition) is 6. The number of ether oxygens (including phenoxy) is 1. The molecule has 0 saturated carbocycles. The minimum atomic E-state index is -1.43. The van der Waals surface area contributed by atoms with Gasteiger partial charge in [0.25, 0.3) is 0 Å². The molecule has 1 aliphatic heterocycles. The molecule has 0 radical (unpaired) electrons. The Kier molecular flexibility index (Phi) is 3.09. The van der Waals surface area contributed by atoms with E-state index in [0.717, 1.165) is 0 Å². The number of hydrogen-bond donors (Lipinski definition) is 3. The first-order valence-electron chi connectivity index (χ1n) is 6.15. The van der Waals surface area contributed by atoms with Crippen LogP contribution >= 0.6 is 11.6 Å². The topological polar surface area (TPSA) is 106 Å². The van der Waals surface area contributed by atoms with Crippen molar-refractivity contribution >= 4 is 28.5 Å². The number of anilines is 1. The number of aliphatic hydroxyl groups is 2. The predicted octanol–water partition coefficient (Wildman–Crippen LogP) is 0.262. The van der Waals surface area contributed by atoms with Crippen LogP contribution in [0.15, 0.2) is 18.6 Å². The molecule has 1 saturated heterocycles. The highest BCUT2D eigenvalue weighted by atomic mass is 35.5. The molecule has 20 heavy (non-hydrogen) atoms. The van der Waals surface area contributed by atoms with Gasteiger partial charge in [0.15, 0.2) is 6.23 Å². The van der Waals surface area contributed by atoms with Gasteiger partial charge >= 0.3 is 0 Å². The Balaban J connectivity index is 2.06. The molecule has 3 rings (SSSR count). The van der Waals surface area contributed by atoms with Crippen LogP contribution in [0.25, 0.3) is 11.0 Å². The summed E-state index contributed by atoms with van der Waals surface area (Å²) in [5, 5.41) is 21.2. The number of rotatable bonds is 2. The second-order valence-electron chi connectivity index (χ2n) is 5.06. The first-order chi connectivity index (χ1) is 9.46. The molecule has 0 spiro atoms. The van der Waals surface area contributed by atoms with E-state index in [2.05, 4.69) is 9.97 Å². The lowest BCUT2D eigenvalue weighted by Gasteiger charge is -2.25. The second-order valence-corrected chi connectivity index (χ2v) is 5.37. The number of nitrogens with zero attached hydrogens (tertiary/aromatic N) is 3. The van der Waals surface area contributed by atoms with E-state index in [1.165, 1.54) is 13.3 Å². The minimum Gasteiger partial charge on any atom is -0.385 e. The van der Waals surface area contributed by atoms with Crippen LogP contribution in [0.2, 0.25) is 0 Å². The van der Waals surface area contributed by atoms with Crippen molar-refractivity contribution in [3.8, 4) is 0 Å². The molecule has 1 fully saturated rings. The van der Waals surface area contributed by atoms with Crippen molar-refractivity contribution in [2.45, 2.75) is 31.0 Å². The third-order valence-electron chi connectivity index (χ3n) is 3.78. The molecule has 108 valence electrons. The van der Waals surface area contributed by atoms with Gasteiger partial charge in [-0.1, -0.05) is 0 Å². The maximum Gasteiger partial charge on any atom is 0.164 e. The Hall–Kier alpha value is -1.41.